The monoisotopic (exact) mass is 481 g/mol. The average Bonchev–Trinajstić information content (AvgIpc) is 3.05. The molecule has 1 heterocycles. The number of non-ortho nitro benzene ring substituents is 1. The van der Waals surface area contributed by atoms with Gasteiger partial charge in [-0.3, -0.25) is 19.8 Å². The molecule has 1 amide bonds. The lowest BCUT2D eigenvalue weighted by Crippen LogP contribution is -2.32. The molecular formula is C22H13BrClN3O3. The van der Waals surface area contributed by atoms with Crippen molar-refractivity contribution in [1.82, 2.24) is 0 Å². The highest BCUT2D eigenvalue weighted by atomic mass is 79.9. The summed E-state index contributed by atoms with van der Waals surface area (Å²) in [6.07, 6.45) is 1.60. The smallest absolute Gasteiger partial charge is 0.266 e. The maximum absolute atomic E-state index is 13.2. The maximum Gasteiger partial charge on any atom is 0.282 e. The molecule has 30 heavy (non-hydrogen) atoms. The first-order valence-electron chi connectivity index (χ1n) is 8.84. The number of carbonyl (C=O) groups excluding carboxylic acids is 1. The standard InChI is InChI=1S/C22H13BrClN3O3/c23-15-7-11-16(12-8-15)26-21(18-3-1-2-4-19(18)24)25-20(22(26)28)13-14-5-9-17(10-6-14)27(29)30/h1-13H/b20-13+. The summed E-state index contributed by atoms with van der Waals surface area (Å²) < 4.78 is 0.885. The average molecular weight is 483 g/mol. The first kappa shape index (κ1) is 20.0. The number of hydrogen-bond acceptors (Lipinski definition) is 4. The molecular weight excluding hydrogens is 470 g/mol. The minimum atomic E-state index is -0.472. The Morgan fingerprint density at radius 2 is 1.67 bits per heavy atom. The Bertz CT molecular complexity index is 1210. The van der Waals surface area contributed by atoms with Crippen molar-refractivity contribution in [1.29, 1.82) is 0 Å². The highest BCUT2D eigenvalue weighted by Gasteiger charge is 2.33. The van der Waals surface area contributed by atoms with Crippen LogP contribution >= 0.6 is 27.5 Å². The van der Waals surface area contributed by atoms with Crippen LogP contribution in [0.15, 0.2) is 88.0 Å². The molecule has 148 valence electrons. The third-order valence-electron chi connectivity index (χ3n) is 4.47. The molecule has 3 aromatic rings. The Morgan fingerprint density at radius 3 is 2.30 bits per heavy atom. The van der Waals surface area contributed by atoms with Gasteiger partial charge in [-0.15, -0.1) is 0 Å². The minimum Gasteiger partial charge on any atom is -0.266 e. The molecule has 0 saturated carbocycles. The third-order valence-corrected chi connectivity index (χ3v) is 5.33. The second kappa shape index (κ2) is 8.22. The van der Waals surface area contributed by atoms with E-state index < -0.39 is 4.92 Å². The highest BCUT2D eigenvalue weighted by molar-refractivity contribution is 9.10. The molecule has 0 saturated heterocycles. The largest absolute Gasteiger partial charge is 0.282 e. The van der Waals surface area contributed by atoms with Crippen LogP contribution < -0.4 is 4.90 Å². The van der Waals surface area contributed by atoms with Crippen molar-refractivity contribution >= 4 is 56.7 Å². The Hall–Kier alpha value is -3.29. The van der Waals surface area contributed by atoms with E-state index in [1.807, 2.05) is 30.3 Å². The number of nitro benzene ring substituents is 1. The Kier molecular flexibility index (Phi) is 5.48. The fourth-order valence-electron chi connectivity index (χ4n) is 3.02. The molecule has 0 aromatic heterocycles. The quantitative estimate of drug-likeness (QED) is 0.266. The summed E-state index contributed by atoms with van der Waals surface area (Å²) in [6, 6.07) is 20.4. The molecule has 0 aliphatic carbocycles. The zero-order chi connectivity index (χ0) is 21.3. The Morgan fingerprint density at radius 1 is 1.00 bits per heavy atom. The van der Waals surface area contributed by atoms with Gasteiger partial charge >= 0.3 is 0 Å². The van der Waals surface area contributed by atoms with Gasteiger partial charge in [-0.1, -0.05) is 39.7 Å². The summed E-state index contributed by atoms with van der Waals surface area (Å²) in [6.45, 7) is 0. The summed E-state index contributed by atoms with van der Waals surface area (Å²) in [4.78, 5) is 29.7. The number of benzene rings is 3. The second-order valence-electron chi connectivity index (χ2n) is 6.41. The van der Waals surface area contributed by atoms with Gasteiger partial charge in [-0.2, -0.15) is 0 Å². The van der Waals surface area contributed by atoms with E-state index in [2.05, 4.69) is 20.9 Å². The van der Waals surface area contributed by atoms with Crippen molar-refractivity contribution in [3.05, 3.63) is 109 Å². The van der Waals surface area contributed by atoms with E-state index in [9.17, 15) is 14.9 Å². The maximum atomic E-state index is 13.2. The lowest BCUT2D eigenvalue weighted by atomic mass is 10.1. The number of halogens is 2. The number of carbonyl (C=O) groups is 1. The predicted octanol–water partition coefficient (Wildman–Crippen LogP) is 5.85. The van der Waals surface area contributed by atoms with Crippen LogP contribution in [0.3, 0.4) is 0 Å². The Labute approximate surface area is 185 Å². The van der Waals surface area contributed by atoms with E-state index in [0.29, 0.717) is 27.7 Å². The van der Waals surface area contributed by atoms with Crippen LogP contribution in [0.5, 0.6) is 0 Å². The molecule has 6 nitrogen and oxygen atoms in total. The number of aliphatic imine (C=N–C) groups is 1. The summed E-state index contributed by atoms with van der Waals surface area (Å²) in [5.74, 6) is 0.103. The first-order chi connectivity index (χ1) is 14.4. The molecule has 4 rings (SSSR count). The van der Waals surface area contributed by atoms with Crippen LogP contribution in [0, 0.1) is 10.1 Å². The van der Waals surface area contributed by atoms with E-state index >= 15 is 0 Å². The van der Waals surface area contributed by atoms with Crippen molar-refractivity contribution < 1.29 is 9.72 Å². The van der Waals surface area contributed by atoms with E-state index in [4.69, 9.17) is 11.6 Å². The number of amidine groups is 1. The molecule has 8 heteroatoms. The number of anilines is 1. The van der Waals surface area contributed by atoms with Crippen LogP contribution in [0.4, 0.5) is 11.4 Å². The number of hydrogen-bond donors (Lipinski definition) is 0. The zero-order valence-electron chi connectivity index (χ0n) is 15.3. The number of amides is 1. The molecule has 0 atom stereocenters. The minimum absolute atomic E-state index is 0.0216. The van der Waals surface area contributed by atoms with E-state index in [1.54, 1.807) is 36.4 Å². The van der Waals surface area contributed by atoms with Gasteiger partial charge in [0.05, 0.1) is 15.6 Å². The molecule has 0 spiro atoms. The van der Waals surface area contributed by atoms with Crippen molar-refractivity contribution in [3.8, 4) is 0 Å². The highest BCUT2D eigenvalue weighted by Crippen LogP contribution is 2.31. The van der Waals surface area contributed by atoms with Gasteiger partial charge in [0.15, 0.2) is 0 Å². The Balaban J connectivity index is 1.80. The third kappa shape index (κ3) is 3.90. The van der Waals surface area contributed by atoms with E-state index in [1.165, 1.54) is 17.0 Å². The molecule has 0 N–H and O–H groups in total. The number of rotatable bonds is 4. The molecule has 0 bridgehead atoms. The second-order valence-corrected chi connectivity index (χ2v) is 7.73. The summed E-state index contributed by atoms with van der Waals surface area (Å²) in [5.41, 5.74) is 2.09. The van der Waals surface area contributed by atoms with Gasteiger partial charge in [0.25, 0.3) is 11.6 Å². The van der Waals surface area contributed by atoms with Crippen molar-refractivity contribution in [2.24, 2.45) is 4.99 Å². The molecule has 0 fully saturated rings. The fraction of sp³-hybridized carbons (Fsp3) is 0. The van der Waals surface area contributed by atoms with Gasteiger partial charge in [0.1, 0.15) is 11.5 Å². The van der Waals surface area contributed by atoms with Gasteiger partial charge in [0.2, 0.25) is 0 Å². The SMILES string of the molecule is O=C1/C(=C\c2ccc([N+](=O)[O-])cc2)N=C(c2ccccc2Cl)N1c1ccc(Br)cc1. The van der Waals surface area contributed by atoms with Crippen LogP contribution in [-0.2, 0) is 4.79 Å². The van der Waals surface area contributed by atoms with Crippen LogP contribution in [0.25, 0.3) is 6.08 Å². The van der Waals surface area contributed by atoms with Crippen LogP contribution in [0.1, 0.15) is 11.1 Å². The summed E-state index contributed by atoms with van der Waals surface area (Å²) in [7, 11) is 0. The summed E-state index contributed by atoms with van der Waals surface area (Å²) >= 11 is 9.77. The molecule has 0 radical (unpaired) electrons. The van der Waals surface area contributed by atoms with Gasteiger partial charge < -0.3 is 0 Å². The van der Waals surface area contributed by atoms with Crippen molar-refractivity contribution in [2.75, 3.05) is 4.90 Å². The van der Waals surface area contributed by atoms with Gasteiger partial charge in [-0.05, 0) is 60.2 Å². The number of nitrogens with zero attached hydrogens (tertiary/aromatic N) is 3. The normalized spacial score (nSPS) is 14.9. The van der Waals surface area contributed by atoms with Gasteiger partial charge in [0, 0.05) is 22.2 Å². The molecule has 1 aliphatic heterocycles. The lowest BCUT2D eigenvalue weighted by molar-refractivity contribution is -0.384. The summed E-state index contributed by atoms with van der Waals surface area (Å²) in [5, 5.41) is 11.3. The molecule has 1 aliphatic rings. The van der Waals surface area contributed by atoms with Crippen molar-refractivity contribution in [3.63, 3.8) is 0 Å². The number of nitro groups is 1. The lowest BCUT2D eigenvalue weighted by Gasteiger charge is -2.19. The van der Waals surface area contributed by atoms with E-state index in [-0.39, 0.29) is 17.3 Å². The van der Waals surface area contributed by atoms with E-state index in [0.717, 1.165) is 4.47 Å². The first-order valence-corrected chi connectivity index (χ1v) is 10.0. The zero-order valence-corrected chi connectivity index (χ0v) is 17.7. The van der Waals surface area contributed by atoms with Crippen LogP contribution in [0.2, 0.25) is 5.02 Å². The predicted molar refractivity (Wildman–Crippen MR) is 121 cm³/mol. The van der Waals surface area contributed by atoms with Crippen LogP contribution in [-0.4, -0.2) is 16.7 Å². The fourth-order valence-corrected chi connectivity index (χ4v) is 3.50. The molecule has 0 unspecified atom stereocenters. The van der Waals surface area contributed by atoms with Crippen molar-refractivity contribution in [2.45, 2.75) is 0 Å². The topological polar surface area (TPSA) is 75.8 Å². The molecule has 3 aromatic carbocycles. The van der Waals surface area contributed by atoms with Gasteiger partial charge in [-0.25, -0.2) is 4.99 Å².